The SMILES string of the molecule is C[C@@H](CC(=O)NOCC(=O)O)NC(=O)OCC1c2ccccc2-c2ccccc21. The lowest BCUT2D eigenvalue weighted by Crippen LogP contribution is -2.38. The Morgan fingerprint density at radius 2 is 1.62 bits per heavy atom. The van der Waals surface area contributed by atoms with Crippen LogP contribution in [0.3, 0.4) is 0 Å². The zero-order chi connectivity index (χ0) is 20.8. The van der Waals surface area contributed by atoms with E-state index in [1.54, 1.807) is 6.92 Å². The Hall–Kier alpha value is -3.39. The summed E-state index contributed by atoms with van der Waals surface area (Å²) in [6.45, 7) is 1.18. The van der Waals surface area contributed by atoms with E-state index in [0.29, 0.717) is 0 Å². The molecule has 0 saturated carbocycles. The van der Waals surface area contributed by atoms with Gasteiger partial charge in [-0.05, 0) is 29.2 Å². The predicted octanol–water partition coefficient (Wildman–Crippen LogP) is 2.44. The Kier molecular flexibility index (Phi) is 6.46. The third-order valence-electron chi connectivity index (χ3n) is 4.58. The highest BCUT2D eigenvalue weighted by Gasteiger charge is 2.29. The highest BCUT2D eigenvalue weighted by molar-refractivity contribution is 5.79. The normalized spacial score (nSPS) is 13.1. The molecule has 8 heteroatoms. The number of amides is 2. The van der Waals surface area contributed by atoms with Crippen LogP contribution in [0, 0.1) is 0 Å². The van der Waals surface area contributed by atoms with Crippen LogP contribution in [-0.4, -0.2) is 42.3 Å². The van der Waals surface area contributed by atoms with Gasteiger partial charge in [-0.1, -0.05) is 48.5 Å². The summed E-state index contributed by atoms with van der Waals surface area (Å²) < 4.78 is 5.41. The zero-order valence-corrected chi connectivity index (χ0v) is 15.9. The second-order valence-corrected chi connectivity index (χ2v) is 6.78. The summed E-state index contributed by atoms with van der Waals surface area (Å²) in [5.41, 5.74) is 6.52. The molecule has 0 unspecified atom stereocenters. The van der Waals surface area contributed by atoms with E-state index in [1.165, 1.54) is 0 Å². The van der Waals surface area contributed by atoms with E-state index in [-0.39, 0.29) is 18.9 Å². The first-order valence-corrected chi connectivity index (χ1v) is 9.19. The first-order valence-electron chi connectivity index (χ1n) is 9.19. The molecule has 0 bridgehead atoms. The fourth-order valence-electron chi connectivity index (χ4n) is 3.39. The Morgan fingerprint density at radius 1 is 1.03 bits per heavy atom. The average molecular weight is 398 g/mol. The maximum Gasteiger partial charge on any atom is 0.407 e. The minimum atomic E-state index is -1.20. The van der Waals surface area contributed by atoms with Gasteiger partial charge in [-0.3, -0.25) is 9.63 Å². The van der Waals surface area contributed by atoms with Crippen LogP contribution >= 0.6 is 0 Å². The highest BCUT2D eigenvalue weighted by atomic mass is 16.7. The average Bonchev–Trinajstić information content (AvgIpc) is 3.00. The number of carbonyl (C=O) groups is 3. The van der Waals surface area contributed by atoms with E-state index in [0.717, 1.165) is 22.3 Å². The predicted molar refractivity (Wildman–Crippen MR) is 104 cm³/mol. The number of carboxylic acids is 1. The topological polar surface area (TPSA) is 114 Å². The molecule has 1 atom stereocenters. The Labute approximate surface area is 167 Å². The maximum atomic E-state index is 12.1. The molecule has 3 rings (SSSR count). The Morgan fingerprint density at radius 3 is 2.21 bits per heavy atom. The third-order valence-corrected chi connectivity index (χ3v) is 4.58. The molecule has 2 aromatic carbocycles. The van der Waals surface area contributed by atoms with Crippen molar-refractivity contribution < 1.29 is 29.1 Å². The molecule has 29 heavy (non-hydrogen) atoms. The summed E-state index contributed by atoms with van der Waals surface area (Å²) in [5, 5.41) is 11.0. The second-order valence-electron chi connectivity index (χ2n) is 6.78. The minimum Gasteiger partial charge on any atom is -0.479 e. The van der Waals surface area contributed by atoms with Crippen LogP contribution in [0.2, 0.25) is 0 Å². The standard InChI is InChI=1S/C21H22N2O6/c1-13(10-19(24)23-29-12-20(25)26)22-21(27)28-11-18-16-8-4-2-6-14(16)15-7-3-5-9-17(15)18/h2-9,13,18H,10-12H2,1H3,(H,22,27)(H,23,24)(H,25,26)/t13-/m0/s1. The van der Waals surface area contributed by atoms with E-state index in [9.17, 15) is 14.4 Å². The van der Waals surface area contributed by atoms with Gasteiger partial charge < -0.3 is 15.2 Å². The number of fused-ring (bicyclic) bond motifs is 3. The van der Waals surface area contributed by atoms with Crippen LogP contribution in [0.1, 0.15) is 30.4 Å². The van der Waals surface area contributed by atoms with Gasteiger partial charge in [0.05, 0.1) is 0 Å². The minimum absolute atomic E-state index is 0.0452. The van der Waals surface area contributed by atoms with E-state index in [4.69, 9.17) is 9.84 Å². The molecule has 0 heterocycles. The number of rotatable bonds is 8. The highest BCUT2D eigenvalue weighted by Crippen LogP contribution is 2.44. The quantitative estimate of drug-likeness (QED) is 0.589. The largest absolute Gasteiger partial charge is 0.479 e. The van der Waals surface area contributed by atoms with Crippen LogP contribution in [0.4, 0.5) is 4.79 Å². The Balaban J connectivity index is 1.51. The van der Waals surface area contributed by atoms with Crippen LogP contribution < -0.4 is 10.8 Å². The number of benzene rings is 2. The van der Waals surface area contributed by atoms with Crippen molar-refractivity contribution in [2.45, 2.75) is 25.3 Å². The number of hydrogen-bond acceptors (Lipinski definition) is 5. The van der Waals surface area contributed by atoms with Crippen molar-refractivity contribution in [1.29, 1.82) is 0 Å². The number of hydroxylamine groups is 1. The van der Waals surface area contributed by atoms with Gasteiger partial charge in [-0.2, -0.15) is 0 Å². The summed E-state index contributed by atoms with van der Waals surface area (Å²) in [7, 11) is 0. The smallest absolute Gasteiger partial charge is 0.407 e. The first kappa shape index (κ1) is 20.3. The van der Waals surface area contributed by atoms with Gasteiger partial charge in [0.1, 0.15) is 6.61 Å². The van der Waals surface area contributed by atoms with Crippen LogP contribution in [0.25, 0.3) is 11.1 Å². The lowest BCUT2D eigenvalue weighted by atomic mass is 9.98. The number of aliphatic carboxylic acids is 1. The molecule has 0 saturated heterocycles. The summed E-state index contributed by atoms with van der Waals surface area (Å²) in [4.78, 5) is 38.6. The van der Waals surface area contributed by atoms with Gasteiger partial charge in [-0.25, -0.2) is 15.1 Å². The summed E-state index contributed by atoms with van der Waals surface area (Å²) in [6, 6.07) is 15.6. The van der Waals surface area contributed by atoms with Gasteiger partial charge in [-0.15, -0.1) is 0 Å². The number of hydrogen-bond donors (Lipinski definition) is 3. The lowest BCUT2D eigenvalue weighted by Gasteiger charge is -2.17. The van der Waals surface area contributed by atoms with Crippen LogP contribution in [-0.2, 0) is 19.2 Å². The number of carbonyl (C=O) groups excluding carboxylic acids is 2. The fraction of sp³-hybridized carbons (Fsp3) is 0.286. The molecule has 0 spiro atoms. The molecule has 3 N–H and O–H groups in total. The van der Waals surface area contributed by atoms with Crippen molar-refractivity contribution in [2.75, 3.05) is 13.2 Å². The molecule has 0 aliphatic heterocycles. The van der Waals surface area contributed by atoms with E-state index in [1.807, 2.05) is 41.9 Å². The third kappa shape index (κ3) is 5.11. The number of alkyl carbamates (subject to hydrolysis) is 1. The van der Waals surface area contributed by atoms with Crippen molar-refractivity contribution in [2.24, 2.45) is 0 Å². The Bertz CT molecular complexity index is 868. The zero-order valence-electron chi connectivity index (χ0n) is 15.9. The van der Waals surface area contributed by atoms with Gasteiger partial charge in [0, 0.05) is 18.4 Å². The molecular formula is C21H22N2O6. The molecule has 1 aliphatic rings. The van der Waals surface area contributed by atoms with E-state index < -0.39 is 30.6 Å². The summed E-state index contributed by atoms with van der Waals surface area (Å²) >= 11 is 0. The van der Waals surface area contributed by atoms with Crippen molar-refractivity contribution in [3.05, 3.63) is 59.7 Å². The molecule has 152 valence electrons. The molecule has 0 fully saturated rings. The molecule has 0 radical (unpaired) electrons. The molecule has 0 aromatic heterocycles. The van der Waals surface area contributed by atoms with Crippen LogP contribution in [0.5, 0.6) is 0 Å². The first-order chi connectivity index (χ1) is 14.0. The number of ether oxygens (including phenoxy) is 1. The number of nitrogens with one attached hydrogen (secondary N) is 2. The fourth-order valence-corrected chi connectivity index (χ4v) is 3.39. The molecule has 2 amide bonds. The van der Waals surface area contributed by atoms with E-state index in [2.05, 4.69) is 22.3 Å². The second kappa shape index (κ2) is 9.20. The number of carboxylic acid groups (broad SMARTS) is 1. The van der Waals surface area contributed by atoms with Crippen LogP contribution in [0.15, 0.2) is 48.5 Å². The lowest BCUT2D eigenvalue weighted by molar-refractivity contribution is -0.149. The summed E-state index contributed by atoms with van der Waals surface area (Å²) in [6.07, 6.45) is -0.706. The van der Waals surface area contributed by atoms with Crippen molar-refractivity contribution in [3.8, 4) is 11.1 Å². The molecule has 1 aliphatic carbocycles. The maximum absolute atomic E-state index is 12.1. The van der Waals surface area contributed by atoms with Gasteiger partial charge in [0.2, 0.25) is 5.91 Å². The van der Waals surface area contributed by atoms with Crippen molar-refractivity contribution in [3.63, 3.8) is 0 Å². The molecule has 2 aromatic rings. The van der Waals surface area contributed by atoms with Gasteiger partial charge >= 0.3 is 12.1 Å². The molecule has 8 nitrogen and oxygen atoms in total. The van der Waals surface area contributed by atoms with Gasteiger partial charge in [0.15, 0.2) is 6.61 Å². The van der Waals surface area contributed by atoms with E-state index >= 15 is 0 Å². The van der Waals surface area contributed by atoms with Crippen molar-refractivity contribution in [1.82, 2.24) is 10.8 Å². The summed E-state index contributed by atoms with van der Waals surface area (Å²) in [5.74, 6) is -1.79. The monoisotopic (exact) mass is 398 g/mol. The molecular weight excluding hydrogens is 376 g/mol. The van der Waals surface area contributed by atoms with Crippen molar-refractivity contribution >= 4 is 18.0 Å². The van der Waals surface area contributed by atoms with Gasteiger partial charge in [0.25, 0.3) is 0 Å².